The molecular weight excluding hydrogens is 417 g/mol. The van der Waals surface area contributed by atoms with Gasteiger partial charge in [-0.1, -0.05) is 25.0 Å². The average Bonchev–Trinajstić information content (AvgIpc) is 3.47. The van der Waals surface area contributed by atoms with Crippen molar-refractivity contribution in [1.82, 2.24) is 15.5 Å². The van der Waals surface area contributed by atoms with Crippen molar-refractivity contribution < 1.29 is 18.8 Å². The van der Waals surface area contributed by atoms with Gasteiger partial charge in [0.1, 0.15) is 11.4 Å². The van der Waals surface area contributed by atoms with Crippen molar-refractivity contribution >= 4 is 35.3 Å². The molecule has 2 aliphatic rings. The van der Waals surface area contributed by atoms with Crippen LogP contribution >= 0.6 is 11.3 Å². The fraction of sp³-hybridized carbons (Fsp3) is 0.348. The van der Waals surface area contributed by atoms with Crippen LogP contribution < -0.4 is 10.6 Å². The molecule has 31 heavy (non-hydrogen) atoms. The third kappa shape index (κ3) is 4.69. The fourth-order valence-corrected chi connectivity index (χ4v) is 4.99. The van der Waals surface area contributed by atoms with E-state index in [1.165, 1.54) is 34.4 Å². The topological polar surface area (TPSA) is 78.5 Å². The summed E-state index contributed by atoms with van der Waals surface area (Å²) in [5.41, 5.74) is 0.242. The second kappa shape index (κ2) is 9.01. The minimum Gasteiger partial charge on any atom is -0.352 e. The van der Waals surface area contributed by atoms with Crippen LogP contribution in [0.3, 0.4) is 0 Å². The smallest absolute Gasteiger partial charge is 0.325 e. The SMILES string of the molecule is O=C(/C=C/c1ccc(-c2ccc(F)cc2)s1)NCCCN1C(=O)NC2(CCCC2)C1=O. The second-order valence-electron chi connectivity index (χ2n) is 7.86. The highest BCUT2D eigenvalue weighted by molar-refractivity contribution is 7.16. The highest BCUT2D eigenvalue weighted by Gasteiger charge is 2.51. The third-order valence-corrected chi connectivity index (χ3v) is 6.81. The molecule has 4 amide bonds. The number of hydrogen-bond acceptors (Lipinski definition) is 4. The maximum atomic E-state index is 13.0. The minimum absolute atomic E-state index is 0.129. The highest BCUT2D eigenvalue weighted by atomic mass is 32.1. The van der Waals surface area contributed by atoms with E-state index in [0.717, 1.165) is 28.2 Å². The first kappa shape index (κ1) is 21.2. The number of halogens is 1. The van der Waals surface area contributed by atoms with Gasteiger partial charge in [-0.05, 0) is 55.2 Å². The molecule has 2 aromatic rings. The molecule has 1 saturated heterocycles. The maximum absolute atomic E-state index is 13.0. The van der Waals surface area contributed by atoms with Crippen molar-refractivity contribution in [3.8, 4) is 10.4 Å². The van der Waals surface area contributed by atoms with Gasteiger partial charge < -0.3 is 10.6 Å². The molecule has 0 bridgehead atoms. The first-order valence-electron chi connectivity index (χ1n) is 10.4. The van der Waals surface area contributed by atoms with Crippen LogP contribution in [0.2, 0.25) is 0 Å². The van der Waals surface area contributed by atoms with Gasteiger partial charge in [0.2, 0.25) is 5.91 Å². The van der Waals surface area contributed by atoms with Gasteiger partial charge in [-0.2, -0.15) is 0 Å². The summed E-state index contributed by atoms with van der Waals surface area (Å²) in [6, 6.07) is 9.81. The Balaban J connectivity index is 1.22. The fourth-order valence-electron chi connectivity index (χ4n) is 4.07. The Labute approximate surface area is 184 Å². The largest absolute Gasteiger partial charge is 0.352 e. The molecule has 162 valence electrons. The van der Waals surface area contributed by atoms with Gasteiger partial charge in [0.05, 0.1) is 0 Å². The molecule has 1 saturated carbocycles. The summed E-state index contributed by atoms with van der Waals surface area (Å²) in [7, 11) is 0. The number of urea groups is 1. The lowest BCUT2D eigenvalue weighted by molar-refractivity contribution is -0.131. The standard InChI is InChI=1S/C23H24FN3O3S/c24-17-6-4-16(5-7-17)19-10-8-18(31-19)9-11-20(28)25-14-3-15-27-21(29)23(26-22(27)30)12-1-2-13-23/h4-11H,1-3,12-15H2,(H,25,28)(H,26,30)/b11-9+. The normalized spacial score (nSPS) is 17.6. The number of benzene rings is 1. The van der Waals surface area contributed by atoms with Crippen LogP contribution in [-0.4, -0.2) is 41.4 Å². The summed E-state index contributed by atoms with van der Waals surface area (Å²) in [4.78, 5) is 40.0. The molecule has 1 aromatic carbocycles. The first-order chi connectivity index (χ1) is 15.0. The summed E-state index contributed by atoms with van der Waals surface area (Å²) in [6.45, 7) is 0.668. The summed E-state index contributed by atoms with van der Waals surface area (Å²) in [5.74, 6) is -0.637. The Morgan fingerprint density at radius 3 is 2.65 bits per heavy atom. The van der Waals surface area contributed by atoms with Gasteiger partial charge in [-0.25, -0.2) is 9.18 Å². The molecule has 4 rings (SSSR count). The van der Waals surface area contributed by atoms with Crippen molar-refractivity contribution in [2.24, 2.45) is 0 Å². The van der Waals surface area contributed by atoms with E-state index >= 15 is 0 Å². The number of carbonyl (C=O) groups excluding carboxylic acids is 3. The van der Waals surface area contributed by atoms with Crippen molar-refractivity contribution in [1.29, 1.82) is 0 Å². The molecule has 2 heterocycles. The van der Waals surface area contributed by atoms with E-state index in [2.05, 4.69) is 10.6 Å². The molecule has 6 nitrogen and oxygen atoms in total. The summed E-state index contributed by atoms with van der Waals surface area (Å²) >= 11 is 1.51. The van der Waals surface area contributed by atoms with Crippen molar-refractivity contribution in [3.63, 3.8) is 0 Å². The lowest BCUT2D eigenvalue weighted by Crippen LogP contribution is -2.44. The number of nitrogens with one attached hydrogen (secondary N) is 2. The van der Waals surface area contributed by atoms with E-state index in [0.29, 0.717) is 32.4 Å². The lowest BCUT2D eigenvalue weighted by Gasteiger charge is -2.19. The van der Waals surface area contributed by atoms with Gasteiger partial charge in [-0.15, -0.1) is 11.3 Å². The van der Waals surface area contributed by atoms with Crippen LogP contribution in [0, 0.1) is 5.82 Å². The number of hydrogen-bond donors (Lipinski definition) is 2. The van der Waals surface area contributed by atoms with E-state index in [1.807, 2.05) is 12.1 Å². The Hall–Kier alpha value is -3.00. The minimum atomic E-state index is -0.684. The van der Waals surface area contributed by atoms with Crippen LogP contribution in [0.1, 0.15) is 37.0 Å². The number of nitrogens with zero attached hydrogens (tertiary/aromatic N) is 1. The van der Waals surface area contributed by atoms with Gasteiger partial charge in [0, 0.05) is 28.9 Å². The molecule has 0 radical (unpaired) electrons. The summed E-state index contributed by atoms with van der Waals surface area (Å²) < 4.78 is 13.0. The van der Waals surface area contributed by atoms with Crippen molar-refractivity contribution in [2.75, 3.05) is 13.1 Å². The lowest BCUT2D eigenvalue weighted by atomic mass is 9.98. The van der Waals surface area contributed by atoms with E-state index in [1.54, 1.807) is 18.2 Å². The number of thiophene rings is 1. The number of amides is 4. The van der Waals surface area contributed by atoms with Crippen LogP contribution in [-0.2, 0) is 9.59 Å². The van der Waals surface area contributed by atoms with Crippen LogP contribution in [0.15, 0.2) is 42.5 Å². The molecular formula is C23H24FN3O3S. The van der Waals surface area contributed by atoms with Gasteiger partial charge in [0.15, 0.2) is 0 Å². The zero-order valence-electron chi connectivity index (χ0n) is 17.0. The molecule has 0 atom stereocenters. The molecule has 1 aliphatic heterocycles. The molecule has 2 N–H and O–H groups in total. The number of imide groups is 1. The monoisotopic (exact) mass is 441 g/mol. The summed E-state index contributed by atoms with van der Waals surface area (Å²) in [6.07, 6.45) is 7.02. The first-order valence-corrected chi connectivity index (χ1v) is 11.2. The zero-order valence-corrected chi connectivity index (χ0v) is 17.8. The Bertz CT molecular complexity index is 1010. The van der Waals surface area contributed by atoms with E-state index < -0.39 is 5.54 Å². The maximum Gasteiger partial charge on any atom is 0.325 e. The van der Waals surface area contributed by atoms with Crippen LogP contribution in [0.5, 0.6) is 0 Å². The molecule has 1 aliphatic carbocycles. The molecule has 2 fully saturated rings. The second-order valence-corrected chi connectivity index (χ2v) is 8.98. The number of rotatable bonds is 7. The van der Waals surface area contributed by atoms with Gasteiger partial charge in [0.25, 0.3) is 5.91 Å². The van der Waals surface area contributed by atoms with Gasteiger partial charge >= 0.3 is 6.03 Å². The van der Waals surface area contributed by atoms with Gasteiger partial charge in [-0.3, -0.25) is 14.5 Å². The highest BCUT2D eigenvalue weighted by Crippen LogP contribution is 2.35. The third-order valence-electron chi connectivity index (χ3n) is 5.72. The Kier molecular flexibility index (Phi) is 6.18. The quantitative estimate of drug-likeness (QED) is 0.388. The Morgan fingerprint density at radius 1 is 1.16 bits per heavy atom. The molecule has 1 spiro atoms. The van der Waals surface area contributed by atoms with E-state index in [-0.39, 0.29) is 23.7 Å². The van der Waals surface area contributed by atoms with Crippen molar-refractivity contribution in [3.05, 3.63) is 53.2 Å². The van der Waals surface area contributed by atoms with Crippen LogP contribution in [0.25, 0.3) is 16.5 Å². The zero-order chi connectivity index (χ0) is 21.8. The predicted molar refractivity (Wildman–Crippen MR) is 118 cm³/mol. The predicted octanol–water partition coefficient (Wildman–Crippen LogP) is 3.94. The molecule has 1 aromatic heterocycles. The summed E-state index contributed by atoms with van der Waals surface area (Å²) in [5, 5.41) is 5.64. The van der Waals surface area contributed by atoms with E-state index in [4.69, 9.17) is 0 Å². The molecule has 8 heteroatoms. The van der Waals surface area contributed by atoms with Crippen molar-refractivity contribution in [2.45, 2.75) is 37.6 Å². The Morgan fingerprint density at radius 2 is 1.90 bits per heavy atom. The van der Waals surface area contributed by atoms with E-state index in [9.17, 15) is 18.8 Å². The number of carbonyl (C=O) groups is 3. The van der Waals surface area contributed by atoms with Crippen LogP contribution in [0.4, 0.5) is 9.18 Å². The molecule has 0 unspecified atom stereocenters. The average molecular weight is 442 g/mol.